The van der Waals surface area contributed by atoms with Crippen LogP contribution in [-0.2, 0) is 16.1 Å². The average Bonchev–Trinajstić information content (AvgIpc) is 2.83. The van der Waals surface area contributed by atoms with Crippen LogP contribution in [0.1, 0.15) is 16.7 Å². The molecule has 1 aliphatic rings. The Balaban J connectivity index is 1.45. The summed E-state index contributed by atoms with van der Waals surface area (Å²) in [5, 5.41) is 5.84. The van der Waals surface area contributed by atoms with Crippen LogP contribution in [0.3, 0.4) is 0 Å². The number of carbonyl (C=O) groups excluding carboxylic acids is 1. The summed E-state index contributed by atoms with van der Waals surface area (Å²) in [6.07, 6.45) is 8.85. The molecular formula is C27H24N2O2. The molecule has 1 heterocycles. The summed E-state index contributed by atoms with van der Waals surface area (Å²) in [5.74, 6) is -0.136. The highest BCUT2D eigenvalue weighted by Crippen LogP contribution is 2.26. The predicted molar refractivity (Wildman–Crippen MR) is 125 cm³/mol. The van der Waals surface area contributed by atoms with Crippen LogP contribution in [-0.4, -0.2) is 29.3 Å². The lowest BCUT2D eigenvalue weighted by molar-refractivity contribution is -0.170. The van der Waals surface area contributed by atoms with E-state index in [1.807, 2.05) is 115 Å². The number of nitrogens with zero attached hydrogens (tertiary/aromatic N) is 2. The van der Waals surface area contributed by atoms with Gasteiger partial charge in [0.2, 0.25) is 0 Å². The van der Waals surface area contributed by atoms with Gasteiger partial charge in [-0.15, -0.1) is 0 Å². The van der Waals surface area contributed by atoms with Crippen LogP contribution in [0.25, 0.3) is 12.2 Å². The van der Waals surface area contributed by atoms with E-state index in [9.17, 15) is 4.79 Å². The van der Waals surface area contributed by atoms with E-state index in [1.54, 1.807) is 6.21 Å². The molecule has 0 saturated carbocycles. The summed E-state index contributed by atoms with van der Waals surface area (Å²) in [6.45, 7) is 0.387. The van der Waals surface area contributed by atoms with E-state index >= 15 is 0 Å². The van der Waals surface area contributed by atoms with Crippen molar-refractivity contribution in [2.45, 2.75) is 18.8 Å². The molecule has 0 bridgehead atoms. The van der Waals surface area contributed by atoms with E-state index in [4.69, 9.17) is 4.74 Å². The van der Waals surface area contributed by atoms with E-state index in [2.05, 4.69) is 5.10 Å². The van der Waals surface area contributed by atoms with Crippen LogP contribution in [0.15, 0.2) is 108 Å². The number of allylic oxidation sites excluding steroid dienone is 1. The van der Waals surface area contributed by atoms with E-state index in [-0.39, 0.29) is 11.9 Å². The van der Waals surface area contributed by atoms with Crippen LogP contribution in [0.4, 0.5) is 0 Å². The molecule has 0 aromatic heterocycles. The third-order valence-electron chi connectivity index (χ3n) is 4.98. The molecule has 0 unspecified atom stereocenters. The molecule has 3 aromatic rings. The summed E-state index contributed by atoms with van der Waals surface area (Å²) < 4.78 is 5.95. The molecule has 1 fully saturated rings. The minimum atomic E-state index is -0.546. The lowest BCUT2D eigenvalue weighted by Gasteiger charge is -2.41. The maximum Gasteiger partial charge on any atom is 0.275 e. The first-order valence-electron chi connectivity index (χ1n) is 10.3. The predicted octanol–water partition coefficient (Wildman–Crippen LogP) is 5.20. The van der Waals surface area contributed by atoms with Crippen molar-refractivity contribution in [3.8, 4) is 0 Å². The molecule has 0 N–H and O–H groups in total. The smallest absolute Gasteiger partial charge is 0.275 e. The molecule has 1 aliphatic heterocycles. The van der Waals surface area contributed by atoms with Crippen molar-refractivity contribution in [3.05, 3.63) is 120 Å². The van der Waals surface area contributed by atoms with Gasteiger partial charge in [-0.05, 0) is 22.8 Å². The van der Waals surface area contributed by atoms with Gasteiger partial charge < -0.3 is 4.74 Å². The number of amides is 1. The van der Waals surface area contributed by atoms with E-state index in [0.29, 0.717) is 6.61 Å². The molecule has 0 aliphatic carbocycles. The zero-order chi connectivity index (χ0) is 21.3. The summed E-state index contributed by atoms with van der Waals surface area (Å²) >= 11 is 0. The molecule has 4 nitrogen and oxygen atoms in total. The van der Waals surface area contributed by atoms with Gasteiger partial charge in [-0.2, -0.15) is 5.10 Å². The number of benzene rings is 3. The maximum atomic E-state index is 12.7. The average molecular weight is 409 g/mol. The Morgan fingerprint density at radius 1 is 0.806 bits per heavy atom. The first kappa shape index (κ1) is 20.5. The van der Waals surface area contributed by atoms with Crippen molar-refractivity contribution in [1.29, 1.82) is 0 Å². The van der Waals surface area contributed by atoms with Crippen molar-refractivity contribution in [2.24, 2.45) is 5.10 Å². The van der Waals surface area contributed by atoms with E-state index in [1.165, 1.54) is 5.01 Å². The number of carbonyl (C=O) groups is 1. The molecule has 154 valence electrons. The van der Waals surface area contributed by atoms with Crippen molar-refractivity contribution in [2.75, 3.05) is 0 Å². The SMILES string of the molecule is O=C1[C@@H](OCc2ccccc2)[C@@H](/C=C/c2ccccc2)N1/N=C\C=C\c1ccccc1. The zero-order valence-corrected chi connectivity index (χ0v) is 17.1. The molecule has 0 spiro atoms. The molecule has 4 heteroatoms. The monoisotopic (exact) mass is 408 g/mol. The lowest BCUT2D eigenvalue weighted by Crippen LogP contribution is -2.62. The van der Waals surface area contributed by atoms with Crippen molar-refractivity contribution in [3.63, 3.8) is 0 Å². The highest BCUT2D eigenvalue weighted by molar-refractivity contribution is 5.91. The van der Waals surface area contributed by atoms with E-state index < -0.39 is 6.10 Å². The first-order chi connectivity index (χ1) is 15.3. The molecule has 4 rings (SSSR count). The second-order valence-electron chi connectivity index (χ2n) is 7.19. The Morgan fingerprint density at radius 2 is 1.39 bits per heavy atom. The molecule has 0 radical (unpaired) electrons. The van der Waals surface area contributed by atoms with Gasteiger partial charge in [0.05, 0.1) is 6.61 Å². The van der Waals surface area contributed by atoms with Gasteiger partial charge in [-0.1, -0.05) is 109 Å². The lowest BCUT2D eigenvalue weighted by atomic mass is 9.99. The molecule has 1 saturated heterocycles. The third kappa shape index (κ3) is 5.44. The summed E-state index contributed by atoms with van der Waals surface area (Å²) in [4.78, 5) is 12.7. The van der Waals surface area contributed by atoms with Gasteiger partial charge in [-0.3, -0.25) is 4.79 Å². The highest BCUT2D eigenvalue weighted by atomic mass is 16.5. The third-order valence-corrected chi connectivity index (χ3v) is 4.98. The van der Waals surface area contributed by atoms with Crippen molar-refractivity contribution in [1.82, 2.24) is 5.01 Å². The molecule has 1 amide bonds. The Kier molecular flexibility index (Phi) is 6.83. The van der Waals surface area contributed by atoms with Crippen molar-refractivity contribution < 1.29 is 9.53 Å². The number of rotatable bonds is 8. The second-order valence-corrected chi connectivity index (χ2v) is 7.19. The quantitative estimate of drug-likeness (QED) is 0.380. The second kappa shape index (κ2) is 10.3. The van der Waals surface area contributed by atoms with Crippen LogP contribution in [0.2, 0.25) is 0 Å². The standard InChI is InChI=1S/C27H24N2O2/c30-27-26(31-21-24-15-8-3-9-16-24)25(19-18-23-13-6-2-7-14-23)29(27)28-20-10-17-22-11-4-1-5-12-22/h1-20,25-26H,21H2/b17-10+,19-18+,28-20-/t25-,26+/m1/s1. The Hall–Kier alpha value is -3.76. The summed E-state index contributed by atoms with van der Waals surface area (Å²) in [6, 6.07) is 29.6. The van der Waals surface area contributed by atoms with Gasteiger partial charge in [0.15, 0.2) is 6.10 Å². The Labute approximate surface area is 182 Å². The fourth-order valence-corrected chi connectivity index (χ4v) is 3.32. The van der Waals surface area contributed by atoms with Gasteiger partial charge in [0, 0.05) is 6.21 Å². The highest BCUT2D eigenvalue weighted by Gasteiger charge is 2.47. The Morgan fingerprint density at radius 3 is 2.03 bits per heavy atom. The van der Waals surface area contributed by atoms with Crippen LogP contribution >= 0.6 is 0 Å². The van der Waals surface area contributed by atoms with Gasteiger partial charge in [-0.25, -0.2) is 5.01 Å². The zero-order valence-electron chi connectivity index (χ0n) is 17.1. The largest absolute Gasteiger partial charge is 0.361 e. The minimum absolute atomic E-state index is 0.136. The van der Waals surface area contributed by atoms with Gasteiger partial charge >= 0.3 is 0 Å². The van der Waals surface area contributed by atoms with Crippen molar-refractivity contribution >= 4 is 24.3 Å². The number of β-lactam (4-membered cyclic amide) rings is 1. The normalized spacial score (nSPS) is 18.8. The minimum Gasteiger partial charge on any atom is -0.361 e. The number of hydrogen-bond acceptors (Lipinski definition) is 3. The number of hydrogen-bond donors (Lipinski definition) is 0. The molecule has 3 aromatic carbocycles. The van der Waals surface area contributed by atoms with Crippen LogP contribution in [0, 0.1) is 0 Å². The topological polar surface area (TPSA) is 41.9 Å². The maximum absolute atomic E-state index is 12.7. The number of ether oxygens (including phenoxy) is 1. The van der Waals surface area contributed by atoms with E-state index in [0.717, 1.165) is 16.7 Å². The molecular weight excluding hydrogens is 384 g/mol. The number of hydrazone groups is 1. The Bertz CT molecular complexity index is 1060. The van der Waals surface area contributed by atoms with Gasteiger partial charge in [0.25, 0.3) is 5.91 Å². The fourth-order valence-electron chi connectivity index (χ4n) is 3.32. The first-order valence-corrected chi connectivity index (χ1v) is 10.3. The van der Waals surface area contributed by atoms with Crippen LogP contribution < -0.4 is 0 Å². The van der Waals surface area contributed by atoms with Gasteiger partial charge in [0.1, 0.15) is 6.04 Å². The fraction of sp³-hybridized carbons (Fsp3) is 0.111. The summed E-state index contributed by atoms with van der Waals surface area (Å²) in [7, 11) is 0. The molecule has 2 atom stereocenters. The molecule has 31 heavy (non-hydrogen) atoms. The van der Waals surface area contributed by atoms with Crippen LogP contribution in [0.5, 0.6) is 0 Å². The summed E-state index contributed by atoms with van der Waals surface area (Å²) in [5.41, 5.74) is 3.18.